The van der Waals surface area contributed by atoms with Crippen LogP contribution in [0.1, 0.15) is 6.92 Å². The summed E-state index contributed by atoms with van der Waals surface area (Å²) in [4.78, 5) is 18.1. The van der Waals surface area contributed by atoms with E-state index < -0.39 is 0 Å². The maximum absolute atomic E-state index is 12.3. The highest BCUT2D eigenvalue weighted by Crippen LogP contribution is 2.26. The molecule has 1 fully saturated rings. The highest BCUT2D eigenvalue weighted by Gasteiger charge is 2.25. The quantitative estimate of drug-likeness (QED) is 0.789. The number of rotatable bonds is 4. The van der Waals surface area contributed by atoms with Gasteiger partial charge in [0.25, 0.3) is 5.22 Å². The van der Waals surface area contributed by atoms with E-state index in [4.69, 9.17) is 9.15 Å². The fraction of sp³-hybridized carbons (Fsp3) is 0.429. The van der Waals surface area contributed by atoms with E-state index in [2.05, 4.69) is 15.2 Å². The normalized spacial score (nSPS) is 16.5. The molecule has 7 nitrogen and oxygen atoms in total. The fourth-order valence-corrected chi connectivity index (χ4v) is 2.88. The Morgan fingerprint density at radius 3 is 2.73 bits per heavy atom. The third kappa shape index (κ3) is 3.45. The molecule has 0 N–H and O–H groups in total. The van der Waals surface area contributed by atoms with Crippen molar-refractivity contribution in [1.82, 2.24) is 20.1 Å². The number of thioether (sulfide) groups is 1. The van der Waals surface area contributed by atoms with Gasteiger partial charge in [0.1, 0.15) is 0 Å². The number of morpholine rings is 1. The number of ether oxygens (including phenoxy) is 1. The third-order valence-corrected chi connectivity index (χ3v) is 4.20. The van der Waals surface area contributed by atoms with E-state index in [1.54, 1.807) is 29.4 Å². The average Bonchev–Trinajstić information content (AvgIpc) is 3.04. The van der Waals surface area contributed by atoms with E-state index in [0.717, 1.165) is 5.56 Å². The van der Waals surface area contributed by atoms with Crippen molar-refractivity contribution >= 4 is 17.7 Å². The average molecular weight is 320 g/mol. The van der Waals surface area contributed by atoms with Crippen LogP contribution in [0.5, 0.6) is 0 Å². The molecular formula is C14H16N4O3S. The molecule has 1 aliphatic heterocycles. The van der Waals surface area contributed by atoms with Crippen molar-refractivity contribution in [3.05, 3.63) is 24.5 Å². The second-order valence-electron chi connectivity index (χ2n) is 4.81. The zero-order chi connectivity index (χ0) is 15.4. The van der Waals surface area contributed by atoms with Gasteiger partial charge in [-0.1, -0.05) is 11.8 Å². The Balaban J connectivity index is 1.63. The topological polar surface area (TPSA) is 81.3 Å². The van der Waals surface area contributed by atoms with E-state index in [0.29, 0.717) is 37.4 Å². The molecule has 116 valence electrons. The van der Waals surface area contributed by atoms with Crippen molar-refractivity contribution in [1.29, 1.82) is 0 Å². The van der Waals surface area contributed by atoms with Gasteiger partial charge < -0.3 is 14.1 Å². The summed E-state index contributed by atoms with van der Waals surface area (Å²) in [6.07, 6.45) is 3.33. The second kappa shape index (κ2) is 6.89. The number of nitrogens with zero attached hydrogens (tertiary/aromatic N) is 4. The smallest absolute Gasteiger partial charge is 0.277 e. The minimum atomic E-state index is -0.274. The Hall–Kier alpha value is -1.93. The minimum Gasteiger partial charge on any atom is -0.411 e. The number of hydrogen-bond donors (Lipinski definition) is 0. The molecule has 0 saturated carbocycles. The Morgan fingerprint density at radius 2 is 2.00 bits per heavy atom. The van der Waals surface area contributed by atoms with E-state index >= 15 is 0 Å². The summed E-state index contributed by atoms with van der Waals surface area (Å²) in [5.41, 5.74) is 0.807. The lowest BCUT2D eigenvalue weighted by Crippen LogP contribution is -2.44. The van der Waals surface area contributed by atoms with Crippen LogP contribution in [-0.4, -0.2) is 57.5 Å². The SMILES string of the molecule is CC(Sc1nnc(-c2ccncc2)o1)C(=O)N1CCOCC1. The lowest BCUT2D eigenvalue weighted by molar-refractivity contribution is -0.134. The number of pyridine rings is 1. The summed E-state index contributed by atoms with van der Waals surface area (Å²) >= 11 is 1.27. The maximum atomic E-state index is 12.3. The predicted octanol–water partition coefficient (Wildman–Crippen LogP) is 1.47. The van der Waals surface area contributed by atoms with Crippen LogP contribution in [0.25, 0.3) is 11.5 Å². The van der Waals surface area contributed by atoms with E-state index in [1.165, 1.54) is 11.8 Å². The van der Waals surface area contributed by atoms with Crippen LogP contribution in [0.4, 0.5) is 0 Å². The molecule has 0 aromatic carbocycles. The molecule has 22 heavy (non-hydrogen) atoms. The first-order chi connectivity index (χ1) is 10.7. The molecule has 0 aliphatic carbocycles. The predicted molar refractivity (Wildman–Crippen MR) is 80.2 cm³/mol. The lowest BCUT2D eigenvalue weighted by atomic mass is 10.3. The lowest BCUT2D eigenvalue weighted by Gasteiger charge is -2.28. The van der Waals surface area contributed by atoms with E-state index in [-0.39, 0.29) is 11.2 Å². The zero-order valence-corrected chi connectivity index (χ0v) is 13.0. The van der Waals surface area contributed by atoms with Crippen LogP contribution < -0.4 is 0 Å². The van der Waals surface area contributed by atoms with Crippen molar-refractivity contribution in [2.45, 2.75) is 17.4 Å². The van der Waals surface area contributed by atoms with Crippen LogP contribution >= 0.6 is 11.8 Å². The summed E-state index contributed by atoms with van der Waals surface area (Å²) in [5, 5.41) is 8.11. The van der Waals surface area contributed by atoms with Crippen molar-refractivity contribution < 1.29 is 13.9 Å². The van der Waals surface area contributed by atoms with Gasteiger partial charge in [-0.05, 0) is 19.1 Å². The van der Waals surface area contributed by atoms with Gasteiger partial charge in [0.2, 0.25) is 11.8 Å². The highest BCUT2D eigenvalue weighted by molar-refractivity contribution is 8.00. The van der Waals surface area contributed by atoms with Gasteiger partial charge in [-0.3, -0.25) is 9.78 Å². The molecule has 0 radical (unpaired) electrons. The molecule has 3 rings (SSSR count). The first-order valence-corrected chi connectivity index (χ1v) is 7.89. The van der Waals surface area contributed by atoms with Gasteiger partial charge in [0, 0.05) is 31.0 Å². The van der Waals surface area contributed by atoms with Gasteiger partial charge >= 0.3 is 0 Å². The third-order valence-electron chi connectivity index (χ3n) is 3.28. The molecule has 2 aromatic rings. The molecule has 1 saturated heterocycles. The molecule has 1 atom stereocenters. The summed E-state index contributed by atoms with van der Waals surface area (Å²) in [6.45, 7) is 4.30. The van der Waals surface area contributed by atoms with Crippen molar-refractivity contribution in [2.24, 2.45) is 0 Å². The van der Waals surface area contributed by atoms with Crippen molar-refractivity contribution in [3.63, 3.8) is 0 Å². The van der Waals surface area contributed by atoms with Crippen molar-refractivity contribution in [2.75, 3.05) is 26.3 Å². The van der Waals surface area contributed by atoms with E-state index in [9.17, 15) is 4.79 Å². The molecule has 0 spiro atoms. The monoisotopic (exact) mass is 320 g/mol. The summed E-state index contributed by atoms with van der Waals surface area (Å²) in [6, 6.07) is 3.59. The van der Waals surface area contributed by atoms with Gasteiger partial charge in [-0.2, -0.15) is 0 Å². The van der Waals surface area contributed by atoms with Crippen LogP contribution in [0.2, 0.25) is 0 Å². The first-order valence-electron chi connectivity index (χ1n) is 7.01. The van der Waals surface area contributed by atoms with Gasteiger partial charge in [0.05, 0.1) is 18.5 Å². The summed E-state index contributed by atoms with van der Waals surface area (Å²) < 4.78 is 10.8. The van der Waals surface area contributed by atoms with Crippen LogP contribution in [0.15, 0.2) is 34.2 Å². The Morgan fingerprint density at radius 1 is 1.27 bits per heavy atom. The highest BCUT2D eigenvalue weighted by atomic mass is 32.2. The zero-order valence-electron chi connectivity index (χ0n) is 12.1. The Labute approximate surface area is 132 Å². The minimum absolute atomic E-state index is 0.0666. The maximum Gasteiger partial charge on any atom is 0.277 e. The summed E-state index contributed by atoms with van der Waals surface area (Å²) in [5.74, 6) is 0.493. The standard InChI is InChI=1S/C14H16N4O3S/c1-10(13(19)18-6-8-20-9-7-18)22-14-17-16-12(21-14)11-2-4-15-5-3-11/h2-5,10H,6-9H2,1H3. The van der Waals surface area contributed by atoms with Crippen molar-refractivity contribution in [3.8, 4) is 11.5 Å². The fourth-order valence-electron chi connectivity index (χ4n) is 2.11. The first kappa shape index (κ1) is 15.0. The Bertz CT molecular complexity index is 628. The number of carbonyl (C=O) groups excluding carboxylic acids is 1. The molecule has 1 aliphatic rings. The van der Waals surface area contributed by atoms with Gasteiger partial charge in [0.15, 0.2) is 0 Å². The molecular weight excluding hydrogens is 304 g/mol. The molecule has 8 heteroatoms. The molecule has 1 unspecified atom stereocenters. The number of amides is 1. The molecule has 2 aromatic heterocycles. The Kier molecular flexibility index (Phi) is 4.69. The number of aromatic nitrogens is 3. The number of carbonyl (C=O) groups is 1. The van der Waals surface area contributed by atoms with Gasteiger partial charge in [-0.25, -0.2) is 0 Å². The van der Waals surface area contributed by atoms with Crippen LogP contribution in [0.3, 0.4) is 0 Å². The van der Waals surface area contributed by atoms with Crippen LogP contribution in [-0.2, 0) is 9.53 Å². The molecule has 3 heterocycles. The molecule has 0 bridgehead atoms. The number of hydrogen-bond acceptors (Lipinski definition) is 7. The van der Waals surface area contributed by atoms with Gasteiger partial charge in [-0.15, -0.1) is 10.2 Å². The molecule has 1 amide bonds. The van der Waals surface area contributed by atoms with Crippen LogP contribution in [0, 0.1) is 0 Å². The second-order valence-corrected chi connectivity index (χ2v) is 6.10. The largest absolute Gasteiger partial charge is 0.411 e. The summed E-state index contributed by atoms with van der Waals surface area (Å²) in [7, 11) is 0. The van der Waals surface area contributed by atoms with E-state index in [1.807, 2.05) is 6.92 Å².